The summed E-state index contributed by atoms with van der Waals surface area (Å²) < 4.78 is 0. The summed E-state index contributed by atoms with van der Waals surface area (Å²) in [7, 11) is 2.06. The van der Waals surface area contributed by atoms with Gasteiger partial charge in [-0.3, -0.25) is 4.79 Å². The van der Waals surface area contributed by atoms with Crippen molar-refractivity contribution in [2.24, 2.45) is 11.8 Å². The Balaban J connectivity index is 2.52. The van der Waals surface area contributed by atoms with E-state index in [1.54, 1.807) is 0 Å². The summed E-state index contributed by atoms with van der Waals surface area (Å²) in [4.78, 5) is 27.5. The molecular weight excluding hydrogens is 270 g/mol. The average Bonchev–Trinajstić information content (AvgIpc) is 2.54. The van der Waals surface area contributed by atoms with E-state index in [9.17, 15) is 14.7 Å². The van der Waals surface area contributed by atoms with Gasteiger partial charge in [0.1, 0.15) is 0 Å². The minimum absolute atomic E-state index is 0.144. The van der Waals surface area contributed by atoms with E-state index in [0.29, 0.717) is 12.3 Å². The summed E-state index contributed by atoms with van der Waals surface area (Å²) in [5, 5.41) is 12.0. The highest BCUT2D eigenvalue weighted by Crippen LogP contribution is 2.12. The number of carbonyl (C=O) groups excluding carboxylic acids is 1. The van der Waals surface area contributed by atoms with Crippen molar-refractivity contribution in [1.29, 1.82) is 0 Å². The Morgan fingerprint density at radius 2 is 2.00 bits per heavy atom. The van der Waals surface area contributed by atoms with Crippen LogP contribution in [0, 0.1) is 11.8 Å². The fraction of sp³-hybridized carbons (Fsp3) is 0.867. The second-order valence-electron chi connectivity index (χ2n) is 6.51. The summed E-state index contributed by atoms with van der Waals surface area (Å²) in [5.41, 5.74) is 0. The van der Waals surface area contributed by atoms with Crippen LogP contribution in [0.25, 0.3) is 0 Å². The number of likely N-dealkylation sites (N-methyl/N-ethyl adjacent to an activating group) is 1. The van der Waals surface area contributed by atoms with E-state index in [2.05, 4.69) is 17.3 Å². The average molecular weight is 299 g/mol. The summed E-state index contributed by atoms with van der Waals surface area (Å²) in [6.45, 7) is 8.77. The quantitative estimate of drug-likeness (QED) is 0.806. The van der Waals surface area contributed by atoms with Gasteiger partial charge in [0.2, 0.25) is 0 Å². The van der Waals surface area contributed by atoms with Crippen molar-refractivity contribution < 1.29 is 14.7 Å². The Labute approximate surface area is 127 Å². The minimum atomic E-state index is -0.840. The molecule has 1 aliphatic rings. The normalized spacial score (nSPS) is 22.0. The van der Waals surface area contributed by atoms with Crippen LogP contribution in [0.15, 0.2) is 0 Å². The first-order valence-corrected chi connectivity index (χ1v) is 7.77. The van der Waals surface area contributed by atoms with Gasteiger partial charge in [0.15, 0.2) is 0 Å². The summed E-state index contributed by atoms with van der Waals surface area (Å²) in [6, 6.07) is -0.00122. The molecule has 0 aromatic heterocycles. The van der Waals surface area contributed by atoms with E-state index in [0.717, 1.165) is 26.1 Å². The molecule has 0 aromatic rings. The molecule has 0 saturated carbocycles. The van der Waals surface area contributed by atoms with Gasteiger partial charge < -0.3 is 20.2 Å². The second kappa shape index (κ2) is 8.22. The van der Waals surface area contributed by atoms with Gasteiger partial charge in [0, 0.05) is 25.7 Å². The van der Waals surface area contributed by atoms with Crippen molar-refractivity contribution in [3.05, 3.63) is 0 Å². The predicted molar refractivity (Wildman–Crippen MR) is 82.3 cm³/mol. The summed E-state index contributed by atoms with van der Waals surface area (Å²) in [6.07, 6.45) is 1.52. The lowest BCUT2D eigenvalue weighted by molar-refractivity contribution is -0.142. The highest BCUT2D eigenvalue weighted by atomic mass is 16.4. The first kappa shape index (κ1) is 17.8. The highest BCUT2D eigenvalue weighted by Gasteiger charge is 2.25. The Hall–Kier alpha value is -1.30. The van der Waals surface area contributed by atoms with Gasteiger partial charge in [0.25, 0.3) is 0 Å². The number of nitrogens with one attached hydrogen (secondary N) is 1. The topological polar surface area (TPSA) is 72.9 Å². The number of urea groups is 1. The fourth-order valence-corrected chi connectivity index (χ4v) is 2.83. The monoisotopic (exact) mass is 299 g/mol. The fourth-order valence-electron chi connectivity index (χ4n) is 2.83. The molecule has 1 rings (SSSR count). The van der Waals surface area contributed by atoms with Crippen molar-refractivity contribution in [3.8, 4) is 0 Å². The van der Waals surface area contributed by atoms with Gasteiger partial charge in [-0.25, -0.2) is 4.79 Å². The van der Waals surface area contributed by atoms with Crippen LogP contribution in [0.3, 0.4) is 0 Å². The van der Waals surface area contributed by atoms with Crippen LogP contribution in [0.5, 0.6) is 0 Å². The van der Waals surface area contributed by atoms with E-state index in [4.69, 9.17) is 0 Å². The van der Waals surface area contributed by atoms with Gasteiger partial charge in [-0.2, -0.15) is 0 Å². The first-order valence-electron chi connectivity index (χ1n) is 7.77. The Morgan fingerprint density at radius 3 is 2.57 bits per heavy atom. The van der Waals surface area contributed by atoms with Gasteiger partial charge >= 0.3 is 12.0 Å². The minimum Gasteiger partial charge on any atom is -0.481 e. The Kier molecular flexibility index (Phi) is 6.95. The molecule has 2 N–H and O–H groups in total. The lowest BCUT2D eigenvalue weighted by Crippen LogP contribution is -2.48. The third-order valence-electron chi connectivity index (χ3n) is 3.91. The van der Waals surface area contributed by atoms with Crippen LogP contribution >= 0.6 is 0 Å². The number of hydrogen-bond acceptors (Lipinski definition) is 3. The molecular formula is C15H29N3O3. The Bertz CT molecular complexity index is 360. The molecule has 1 heterocycles. The lowest BCUT2D eigenvalue weighted by Gasteiger charge is -2.28. The maximum absolute atomic E-state index is 12.3. The standard InChI is InChI=1S/C15H29N3O3/c1-11(2)8-13(14(19)20)9-16-15(21)18-7-5-6-17(4)10-12(18)3/h11-13H,5-10H2,1-4H3,(H,16,21)(H,19,20). The van der Waals surface area contributed by atoms with Crippen molar-refractivity contribution >= 4 is 12.0 Å². The maximum Gasteiger partial charge on any atom is 0.317 e. The molecule has 6 nitrogen and oxygen atoms in total. The molecule has 1 saturated heterocycles. The largest absolute Gasteiger partial charge is 0.481 e. The molecule has 2 unspecified atom stereocenters. The zero-order valence-corrected chi connectivity index (χ0v) is 13.6. The van der Waals surface area contributed by atoms with Crippen molar-refractivity contribution in [2.45, 2.75) is 39.7 Å². The molecule has 0 bridgehead atoms. The van der Waals surface area contributed by atoms with Crippen LogP contribution in [-0.2, 0) is 4.79 Å². The number of nitrogens with zero attached hydrogens (tertiary/aromatic N) is 2. The molecule has 0 radical (unpaired) electrons. The Morgan fingerprint density at radius 1 is 1.33 bits per heavy atom. The van der Waals surface area contributed by atoms with E-state index in [-0.39, 0.29) is 18.6 Å². The van der Waals surface area contributed by atoms with E-state index >= 15 is 0 Å². The van der Waals surface area contributed by atoms with Crippen molar-refractivity contribution in [1.82, 2.24) is 15.1 Å². The van der Waals surface area contributed by atoms with Crippen LogP contribution < -0.4 is 5.32 Å². The van der Waals surface area contributed by atoms with Gasteiger partial charge in [-0.1, -0.05) is 13.8 Å². The number of carbonyl (C=O) groups is 2. The first-order chi connectivity index (χ1) is 9.81. The summed E-state index contributed by atoms with van der Waals surface area (Å²) >= 11 is 0. The molecule has 6 heteroatoms. The lowest BCUT2D eigenvalue weighted by atomic mass is 9.97. The molecule has 21 heavy (non-hydrogen) atoms. The van der Waals surface area contributed by atoms with Crippen LogP contribution in [-0.4, -0.2) is 66.2 Å². The molecule has 1 fully saturated rings. The predicted octanol–water partition coefficient (Wildman–Crippen LogP) is 1.47. The van der Waals surface area contributed by atoms with Crippen LogP contribution in [0.2, 0.25) is 0 Å². The maximum atomic E-state index is 12.3. The molecule has 0 aromatic carbocycles. The molecule has 0 spiro atoms. The molecule has 1 aliphatic heterocycles. The van der Waals surface area contributed by atoms with Gasteiger partial charge in [0.05, 0.1) is 5.92 Å². The van der Waals surface area contributed by atoms with Gasteiger partial charge in [-0.05, 0) is 39.3 Å². The number of carboxylic acids is 1. The third kappa shape index (κ3) is 5.91. The van der Waals surface area contributed by atoms with Crippen molar-refractivity contribution in [2.75, 3.05) is 33.2 Å². The molecule has 0 aliphatic carbocycles. The van der Waals surface area contributed by atoms with Gasteiger partial charge in [-0.15, -0.1) is 0 Å². The van der Waals surface area contributed by atoms with Crippen molar-refractivity contribution in [3.63, 3.8) is 0 Å². The highest BCUT2D eigenvalue weighted by molar-refractivity contribution is 5.76. The van der Waals surface area contributed by atoms with E-state index in [1.165, 1.54) is 0 Å². The number of hydrogen-bond donors (Lipinski definition) is 2. The molecule has 2 atom stereocenters. The van der Waals surface area contributed by atoms with Crippen LogP contribution in [0.4, 0.5) is 4.79 Å². The van der Waals surface area contributed by atoms with E-state index < -0.39 is 11.9 Å². The molecule has 122 valence electrons. The SMILES string of the molecule is CC(C)CC(CNC(=O)N1CCCN(C)CC1C)C(=O)O. The van der Waals surface area contributed by atoms with E-state index in [1.807, 2.05) is 25.7 Å². The molecule has 2 amide bonds. The third-order valence-corrected chi connectivity index (χ3v) is 3.91. The second-order valence-corrected chi connectivity index (χ2v) is 6.51. The number of aliphatic carboxylic acids is 1. The number of rotatable bonds is 5. The number of amides is 2. The zero-order chi connectivity index (χ0) is 16.0. The summed E-state index contributed by atoms with van der Waals surface area (Å²) in [5.74, 6) is -1.06. The zero-order valence-electron chi connectivity index (χ0n) is 13.6. The van der Waals surface area contributed by atoms with Crippen LogP contribution in [0.1, 0.15) is 33.6 Å². The smallest absolute Gasteiger partial charge is 0.317 e. The number of carboxylic acid groups (broad SMARTS) is 1.